The smallest absolute Gasteiger partial charge is 0.390 e. The summed E-state index contributed by atoms with van der Waals surface area (Å²) >= 11 is 0. The number of esters is 1. The maximum absolute atomic E-state index is 11.8. The van der Waals surface area contributed by atoms with Gasteiger partial charge in [0.15, 0.2) is 5.78 Å². The standard InChI is InChI=1S/C18H14O4/c1-13(19)16-12-15(21-2)9-10-17(16)22-18(20)11-8-14-6-4-3-5-7-14/h3-7,9-10,12H,1-2H3. The monoisotopic (exact) mass is 294 g/mol. The first kappa shape index (κ1) is 15.3. The lowest BCUT2D eigenvalue weighted by atomic mass is 10.1. The minimum atomic E-state index is -0.725. The second-order valence-corrected chi connectivity index (χ2v) is 4.42. The van der Waals surface area contributed by atoms with Crippen LogP contribution in [0.1, 0.15) is 22.8 Å². The molecule has 0 bridgehead atoms. The van der Waals surface area contributed by atoms with E-state index in [0.717, 1.165) is 0 Å². The number of methoxy groups -OCH3 is 1. The molecular formula is C18H14O4. The molecule has 2 rings (SSSR count). The maximum Gasteiger partial charge on any atom is 0.390 e. The molecule has 0 heterocycles. The molecule has 0 aliphatic carbocycles. The minimum Gasteiger partial charge on any atom is -0.497 e. The number of ether oxygens (including phenoxy) is 2. The van der Waals surface area contributed by atoms with Gasteiger partial charge in [-0.1, -0.05) is 24.1 Å². The van der Waals surface area contributed by atoms with Crippen LogP contribution in [-0.2, 0) is 4.79 Å². The normalized spacial score (nSPS) is 9.36. The van der Waals surface area contributed by atoms with E-state index in [2.05, 4.69) is 11.8 Å². The summed E-state index contributed by atoms with van der Waals surface area (Å²) in [7, 11) is 1.50. The third-order valence-electron chi connectivity index (χ3n) is 2.85. The highest BCUT2D eigenvalue weighted by Gasteiger charge is 2.12. The molecule has 0 radical (unpaired) electrons. The molecule has 0 N–H and O–H groups in total. The van der Waals surface area contributed by atoms with Gasteiger partial charge in [0.2, 0.25) is 0 Å². The topological polar surface area (TPSA) is 52.6 Å². The zero-order valence-electron chi connectivity index (χ0n) is 12.3. The van der Waals surface area contributed by atoms with Crippen LogP contribution in [0.25, 0.3) is 0 Å². The van der Waals surface area contributed by atoms with Crippen molar-refractivity contribution >= 4 is 11.8 Å². The average molecular weight is 294 g/mol. The third kappa shape index (κ3) is 3.97. The van der Waals surface area contributed by atoms with E-state index in [1.807, 2.05) is 18.2 Å². The fourth-order valence-electron chi connectivity index (χ4n) is 1.77. The number of hydrogen-bond donors (Lipinski definition) is 0. The second kappa shape index (κ2) is 7.09. The number of ketones is 1. The Morgan fingerprint density at radius 2 is 1.77 bits per heavy atom. The van der Waals surface area contributed by atoms with E-state index in [0.29, 0.717) is 11.3 Å². The molecule has 0 aliphatic rings. The molecule has 0 saturated heterocycles. The first-order valence-electron chi connectivity index (χ1n) is 6.58. The summed E-state index contributed by atoms with van der Waals surface area (Å²) in [6.07, 6.45) is 0. The largest absolute Gasteiger partial charge is 0.497 e. The Labute approximate surface area is 128 Å². The Balaban J connectivity index is 2.19. The van der Waals surface area contributed by atoms with Crippen LogP contribution in [0, 0.1) is 11.8 Å². The summed E-state index contributed by atoms with van der Waals surface area (Å²) < 4.78 is 10.2. The molecule has 22 heavy (non-hydrogen) atoms. The number of Topliss-reactive ketones (excluding diaryl/α,β-unsaturated/α-hetero) is 1. The number of hydrogen-bond acceptors (Lipinski definition) is 4. The lowest BCUT2D eigenvalue weighted by molar-refractivity contribution is -0.128. The van der Waals surface area contributed by atoms with E-state index in [1.165, 1.54) is 26.2 Å². The van der Waals surface area contributed by atoms with Gasteiger partial charge < -0.3 is 9.47 Å². The van der Waals surface area contributed by atoms with Gasteiger partial charge in [-0.05, 0) is 37.3 Å². The van der Waals surface area contributed by atoms with Crippen molar-refractivity contribution in [1.82, 2.24) is 0 Å². The first-order valence-corrected chi connectivity index (χ1v) is 6.58. The zero-order valence-corrected chi connectivity index (χ0v) is 12.3. The maximum atomic E-state index is 11.8. The number of rotatable bonds is 3. The van der Waals surface area contributed by atoms with Crippen molar-refractivity contribution in [3.8, 4) is 23.3 Å². The van der Waals surface area contributed by atoms with Gasteiger partial charge in [-0.15, -0.1) is 0 Å². The second-order valence-electron chi connectivity index (χ2n) is 4.42. The van der Waals surface area contributed by atoms with Crippen LogP contribution in [0.4, 0.5) is 0 Å². The molecular weight excluding hydrogens is 280 g/mol. The molecule has 0 fully saturated rings. The van der Waals surface area contributed by atoms with E-state index in [1.54, 1.807) is 18.2 Å². The van der Waals surface area contributed by atoms with Gasteiger partial charge in [0.1, 0.15) is 11.5 Å². The predicted molar refractivity (Wildman–Crippen MR) is 82.0 cm³/mol. The van der Waals surface area contributed by atoms with Crippen LogP contribution in [-0.4, -0.2) is 18.9 Å². The van der Waals surface area contributed by atoms with Crippen molar-refractivity contribution in [2.75, 3.05) is 7.11 Å². The molecule has 4 nitrogen and oxygen atoms in total. The number of benzene rings is 2. The molecule has 0 aliphatic heterocycles. The molecule has 0 saturated carbocycles. The summed E-state index contributed by atoms with van der Waals surface area (Å²) in [5, 5.41) is 0. The fourth-order valence-corrected chi connectivity index (χ4v) is 1.77. The Bertz CT molecular complexity index is 752. The van der Waals surface area contributed by atoms with Gasteiger partial charge in [0.25, 0.3) is 0 Å². The molecule has 0 unspecified atom stereocenters. The SMILES string of the molecule is COc1ccc(OC(=O)C#Cc2ccccc2)c(C(C)=O)c1. The Kier molecular flexibility index (Phi) is 4.94. The van der Waals surface area contributed by atoms with Crippen molar-refractivity contribution < 1.29 is 19.1 Å². The van der Waals surface area contributed by atoms with E-state index >= 15 is 0 Å². The highest BCUT2D eigenvalue weighted by molar-refractivity contribution is 5.99. The summed E-state index contributed by atoms with van der Waals surface area (Å²) in [5.41, 5.74) is 0.982. The predicted octanol–water partition coefficient (Wildman–Crippen LogP) is 2.85. The van der Waals surface area contributed by atoms with Crippen LogP contribution >= 0.6 is 0 Å². The van der Waals surface area contributed by atoms with Crippen LogP contribution in [0.3, 0.4) is 0 Å². The molecule has 4 heteroatoms. The first-order chi connectivity index (χ1) is 10.6. The molecule has 0 aromatic heterocycles. The van der Waals surface area contributed by atoms with Gasteiger partial charge in [-0.3, -0.25) is 4.79 Å². The molecule has 110 valence electrons. The summed E-state index contributed by atoms with van der Waals surface area (Å²) in [6.45, 7) is 1.39. The van der Waals surface area contributed by atoms with Gasteiger partial charge in [-0.25, -0.2) is 4.79 Å². The van der Waals surface area contributed by atoms with Crippen molar-refractivity contribution in [3.63, 3.8) is 0 Å². The van der Waals surface area contributed by atoms with Crippen LogP contribution in [0.15, 0.2) is 48.5 Å². The number of carbonyl (C=O) groups excluding carboxylic acids is 2. The van der Waals surface area contributed by atoms with Crippen molar-refractivity contribution in [2.24, 2.45) is 0 Å². The molecule has 0 spiro atoms. The van der Waals surface area contributed by atoms with Gasteiger partial charge in [0.05, 0.1) is 12.7 Å². The summed E-state index contributed by atoms with van der Waals surface area (Å²) in [4.78, 5) is 23.4. The average Bonchev–Trinajstić information content (AvgIpc) is 2.54. The Morgan fingerprint density at radius 1 is 1.05 bits per heavy atom. The van der Waals surface area contributed by atoms with Crippen molar-refractivity contribution in [1.29, 1.82) is 0 Å². The third-order valence-corrected chi connectivity index (χ3v) is 2.85. The van der Waals surface area contributed by atoms with Crippen molar-refractivity contribution in [2.45, 2.75) is 6.92 Å². The summed E-state index contributed by atoms with van der Waals surface area (Å²) in [5.74, 6) is 4.82. The fraction of sp³-hybridized carbons (Fsp3) is 0.111. The lowest BCUT2D eigenvalue weighted by Gasteiger charge is -2.07. The van der Waals surface area contributed by atoms with E-state index in [-0.39, 0.29) is 17.1 Å². The quantitative estimate of drug-likeness (QED) is 0.378. The highest BCUT2D eigenvalue weighted by atomic mass is 16.5. The molecule has 2 aromatic rings. The molecule has 0 amide bonds. The van der Waals surface area contributed by atoms with Crippen LogP contribution in [0.2, 0.25) is 0 Å². The van der Waals surface area contributed by atoms with Crippen LogP contribution in [0.5, 0.6) is 11.5 Å². The van der Waals surface area contributed by atoms with Crippen molar-refractivity contribution in [3.05, 3.63) is 59.7 Å². The Morgan fingerprint density at radius 3 is 2.41 bits per heavy atom. The van der Waals surface area contributed by atoms with Gasteiger partial charge in [0, 0.05) is 11.5 Å². The lowest BCUT2D eigenvalue weighted by Crippen LogP contribution is -2.08. The highest BCUT2D eigenvalue weighted by Crippen LogP contribution is 2.24. The minimum absolute atomic E-state index is 0.167. The van der Waals surface area contributed by atoms with E-state index in [9.17, 15) is 9.59 Å². The van der Waals surface area contributed by atoms with E-state index < -0.39 is 5.97 Å². The van der Waals surface area contributed by atoms with E-state index in [4.69, 9.17) is 9.47 Å². The van der Waals surface area contributed by atoms with Gasteiger partial charge in [-0.2, -0.15) is 0 Å². The Hall–Kier alpha value is -3.06. The zero-order chi connectivity index (χ0) is 15.9. The van der Waals surface area contributed by atoms with Crippen LogP contribution < -0.4 is 9.47 Å². The van der Waals surface area contributed by atoms with Gasteiger partial charge >= 0.3 is 5.97 Å². The summed E-state index contributed by atoms with van der Waals surface area (Å²) in [6, 6.07) is 13.7. The number of carbonyl (C=O) groups is 2. The molecule has 0 atom stereocenters. The molecule has 2 aromatic carbocycles.